The van der Waals surface area contributed by atoms with E-state index in [0.29, 0.717) is 38.1 Å². The number of rotatable bonds is 5. The van der Waals surface area contributed by atoms with E-state index < -0.39 is 0 Å². The van der Waals surface area contributed by atoms with Crippen LogP contribution in [0.3, 0.4) is 0 Å². The molecule has 0 bridgehead atoms. The molecule has 0 aromatic heterocycles. The average Bonchev–Trinajstić information content (AvgIpc) is 3.24. The van der Waals surface area contributed by atoms with E-state index in [1.807, 2.05) is 48.5 Å². The summed E-state index contributed by atoms with van der Waals surface area (Å²) in [6.45, 7) is 1.80. The van der Waals surface area contributed by atoms with Crippen molar-refractivity contribution in [2.45, 2.75) is 25.7 Å². The molecule has 6 heteroatoms. The molecule has 0 saturated carbocycles. The Balaban J connectivity index is 1.26. The maximum atomic E-state index is 12.5. The third-order valence-corrected chi connectivity index (χ3v) is 5.80. The molecule has 2 saturated heterocycles. The van der Waals surface area contributed by atoms with Crippen molar-refractivity contribution < 1.29 is 19.1 Å². The molecule has 4 rings (SSSR count). The van der Waals surface area contributed by atoms with Gasteiger partial charge in [0.05, 0.1) is 5.92 Å². The zero-order chi connectivity index (χ0) is 21.6. The average molecular weight is 418 g/mol. The van der Waals surface area contributed by atoms with Gasteiger partial charge in [0.1, 0.15) is 5.75 Å². The molecular weight excluding hydrogens is 392 g/mol. The number of likely N-dealkylation sites (tertiary alicyclic amines) is 1. The van der Waals surface area contributed by atoms with Gasteiger partial charge in [0.15, 0.2) is 0 Å². The molecule has 0 atom stereocenters. The van der Waals surface area contributed by atoms with E-state index in [4.69, 9.17) is 4.74 Å². The summed E-state index contributed by atoms with van der Waals surface area (Å²) in [4.78, 5) is 40.3. The molecule has 0 spiro atoms. The van der Waals surface area contributed by atoms with Crippen LogP contribution in [0.5, 0.6) is 5.75 Å². The zero-order valence-electron chi connectivity index (χ0n) is 17.4. The molecule has 2 aromatic rings. The third kappa shape index (κ3) is 5.20. The van der Waals surface area contributed by atoms with Crippen LogP contribution in [0.25, 0.3) is 6.08 Å². The van der Waals surface area contributed by atoms with Crippen LogP contribution in [-0.2, 0) is 14.4 Å². The molecule has 2 aliphatic heterocycles. The summed E-state index contributed by atoms with van der Waals surface area (Å²) in [6, 6.07) is 16.8. The lowest BCUT2D eigenvalue weighted by Gasteiger charge is -2.30. The van der Waals surface area contributed by atoms with Crippen molar-refractivity contribution in [2.24, 2.45) is 5.92 Å². The number of amides is 2. The monoisotopic (exact) mass is 418 g/mol. The summed E-state index contributed by atoms with van der Waals surface area (Å²) >= 11 is 0. The second kappa shape index (κ2) is 9.60. The summed E-state index contributed by atoms with van der Waals surface area (Å²) in [7, 11) is 0. The number of carbonyl (C=O) groups is 3. The van der Waals surface area contributed by atoms with Gasteiger partial charge in [-0.2, -0.15) is 0 Å². The van der Waals surface area contributed by atoms with E-state index in [9.17, 15) is 14.4 Å². The number of hydrogen-bond acceptors (Lipinski definition) is 4. The van der Waals surface area contributed by atoms with E-state index in [0.717, 1.165) is 24.2 Å². The van der Waals surface area contributed by atoms with Crippen molar-refractivity contribution in [2.75, 3.05) is 24.5 Å². The number of carbonyl (C=O) groups excluding carboxylic acids is 3. The van der Waals surface area contributed by atoms with Gasteiger partial charge in [-0.1, -0.05) is 30.3 Å². The smallest absolute Gasteiger partial charge is 0.314 e. The molecule has 2 amide bonds. The number of esters is 1. The van der Waals surface area contributed by atoms with Gasteiger partial charge in [-0.05, 0) is 55.2 Å². The first-order valence-corrected chi connectivity index (χ1v) is 10.7. The maximum Gasteiger partial charge on any atom is 0.314 e. The van der Waals surface area contributed by atoms with Crippen LogP contribution in [-0.4, -0.2) is 42.3 Å². The van der Waals surface area contributed by atoms with Gasteiger partial charge in [0.2, 0.25) is 11.8 Å². The fourth-order valence-electron chi connectivity index (χ4n) is 3.99. The van der Waals surface area contributed by atoms with Gasteiger partial charge in [-0.25, -0.2) is 0 Å². The van der Waals surface area contributed by atoms with E-state index in [1.165, 1.54) is 0 Å². The minimum Gasteiger partial charge on any atom is -0.426 e. The maximum absolute atomic E-state index is 12.5. The van der Waals surface area contributed by atoms with E-state index in [-0.39, 0.29) is 23.7 Å². The minimum atomic E-state index is -0.267. The fourth-order valence-corrected chi connectivity index (χ4v) is 3.99. The Hall–Kier alpha value is -3.41. The molecule has 0 unspecified atom stereocenters. The molecule has 2 aliphatic rings. The van der Waals surface area contributed by atoms with Crippen LogP contribution in [0.2, 0.25) is 0 Å². The van der Waals surface area contributed by atoms with Crippen LogP contribution in [0.15, 0.2) is 60.7 Å². The molecule has 0 aliphatic carbocycles. The Morgan fingerprint density at radius 1 is 0.935 bits per heavy atom. The normalized spacial score (nSPS) is 17.4. The van der Waals surface area contributed by atoms with Gasteiger partial charge in [0, 0.05) is 37.8 Å². The van der Waals surface area contributed by atoms with E-state index >= 15 is 0 Å². The summed E-state index contributed by atoms with van der Waals surface area (Å²) in [6.07, 6.45) is 6.02. The predicted molar refractivity (Wildman–Crippen MR) is 118 cm³/mol. The van der Waals surface area contributed by atoms with Crippen LogP contribution < -0.4 is 9.64 Å². The van der Waals surface area contributed by atoms with Crippen molar-refractivity contribution in [1.82, 2.24) is 4.90 Å². The van der Waals surface area contributed by atoms with Gasteiger partial charge in [0.25, 0.3) is 0 Å². The van der Waals surface area contributed by atoms with Crippen LogP contribution in [0, 0.1) is 5.92 Å². The van der Waals surface area contributed by atoms with Crippen LogP contribution >= 0.6 is 0 Å². The number of piperidine rings is 1. The summed E-state index contributed by atoms with van der Waals surface area (Å²) in [5.74, 6) is 0.0796. The Labute approximate surface area is 182 Å². The number of nitrogens with zero attached hydrogens (tertiary/aromatic N) is 2. The van der Waals surface area contributed by atoms with Crippen molar-refractivity contribution in [3.05, 3.63) is 66.2 Å². The van der Waals surface area contributed by atoms with Crippen molar-refractivity contribution >= 4 is 29.5 Å². The Morgan fingerprint density at radius 2 is 1.65 bits per heavy atom. The van der Waals surface area contributed by atoms with Gasteiger partial charge in [-0.3, -0.25) is 14.4 Å². The highest BCUT2D eigenvalue weighted by Gasteiger charge is 2.28. The summed E-state index contributed by atoms with van der Waals surface area (Å²) in [5, 5.41) is 0. The molecule has 2 heterocycles. The molecule has 2 fully saturated rings. The first kappa shape index (κ1) is 20.8. The topological polar surface area (TPSA) is 66.9 Å². The molecular formula is C25H26N2O4. The van der Waals surface area contributed by atoms with Crippen molar-refractivity contribution in [1.29, 1.82) is 0 Å². The number of benzene rings is 2. The minimum absolute atomic E-state index is 0.0391. The highest BCUT2D eigenvalue weighted by molar-refractivity contribution is 5.95. The second-order valence-electron chi connectivity index (χ2n) is 7.91. The Bertz CT molecular complexity index is 961. The first-order valence-electron chi connectivity index (χ1n) is 10.7. The lowest BCUT2D eigenvalue weighted by atomic mass is 9.97. The summed E-state index contributed by atoms with van der Waals surface area (Å²) < 4.78 is 5.54. The highest BCUT2D eigenvalue weighted by Crippen LogP contribution is 2.25. The third-order valence-electron chi connectivity index (χ3n) is 5.80. The van der Waals surface area contributed by atoms with Crippen molar-refractivity contribution in [3.8, 4) is 5.75 Å². The Kier molecular flexibility index (Phi) is 6.46. The molecule has 2 aromatic carbocycles. The Morgan fingerprint density at radius 3 is 2.29 bits per heavy atom. The zero-order valence-corrected chi connectivity index (χ0v) is 17.4. The molecule has 0 N–H and O–H groups in total. The predicted octanol–water partition coefficient (Wildman–Crippen LogP) is 3.67. The lowest BCUT2D eigenvalue weighted by molar-refractivity contribution is -0.142. The molecule has 0 radical (unpaired) electrons. The second-order valence-corrected chi connectivity index (χ2v) is 7.91. The van der Waals surface area contributed by atoms with Crippen LogP contribution in [0.1, 0.15) is 31.2 Å². The molecule has 31 heavy (non-hydrogen) atoms. The molecule has 6 nitrogen and oxygen atoms in total. The quantitative estimate of drug-likeness (QED) is 0.422. The van der Waals surface area contributed by atoms with Gasteiger partial charge < -0.3 is 14.5 Å². The van der Waals surface area contributed by atoms with Gasteiger partial charge >= 0.3 is 5.97 Å². The number of anilines is 1. The largest absolute Gasteiger partial charge is 0.426 e. The van der Waals surface area contributed by atoms with Crippen molar-refractivity contribution in [3.63, 3.8) is 0 Å². The van der Waals surface area contributed by atoms with E-state index in [1.54, 1.807) is 28.0 Å². The SMILES string of the molecule is O=C(Oc1ccc(N2CCCC2=O)cc1)C1CCN(C(=O)/C=C/c2ccccc2)CC1. The van der Waals surface area contributed by atoms with Gasteiger partial charge in [-0.15, -0.1) is 0 Å². The standard InChI is InChI=1S/C25H26N2O4/c28-23(13-8-19-5-2-1-3-6-19)26-17-14-20(15-18-26)25(30)31-22-11-9-21(10-12-22)27-16-4-7-24(27)29/h1-3,5-6,8-13,20H,4,7,14-18H2/b13-8+. The molecule has 160 valence electrons. The number of hydrogen-bond donors (Lipinski definition) is 0. The lowest BCUT2D eigenvalue weighted by Crippen LogP contribution is -2.40. The highest BCUT2D eigenvalue weighted by atomic mass is 16.5. The first-order chi connectivity index (χ1) is 15.1. The fraction of sp³-hybridized carbons (Fsp3) is 0.320. The number of ether oxygens (including phenoxy) is 1. The van der Waals surface area contributed by atoms with Crippen LogP contribution in [0.4, 0.5) is 5.69 Å². The summed E-state index contributed by atoms with van der Waals surface area (Å²) in [5.41, 5.74) is 1.81. The van der Waals surface area contributed by atoms with E-state index in [2.05, 4.69) is 0 Å².